The Kier molecular flexibility index (Phi) is 3.19. The van der Waals surface area contributed by atoms with Crippen LogP contribution in [-0.2, 0) is 11.2 Å². The Labute approximate surface area is 75.4 Å². The van der Waals surface area contributed by atoms with Crippen LogP contribution >= 0.6 is 0 Å². The maximum Gasteiger partial charge on any atom is 0.316 e. The summed E-state index contributed by atoms with van der Waals surface area (Å²) >= 11 is 0. The van der Waals surface area contributed by atoms with E-state index >= 15 is 0 Å². The maximum absolute atomic E-state index is 10.3. The number of carboxylic acids is 1. The minimum absolute atomic E-state index is 0.0696. The number of ether oxygens (including phenoxy) is 1. The highest BCUT2D eigenvalue weighted by atomic mass is 16.5. The Morgan fingerprint density at radius 2 is 2.46 bits per heavy atom. The molecule has 1 aromatic heterocycles. The summed E-state index contributed by atoms with van der Waals surface area (Å²) in [4.78, 5) is 18.0. The van der Waals surface area contributed by atoms with Crippen molar-refractivity contribution in [2.45, 2.75) is 12.8 Å². The van der Waals surface area contributed by atoms with Gasteiger partial charge in [-0.05, 0) is 6.07 Å². The molecule has 1 rings (SSSR count). The molecular formula is C8H10N2O3. The number of nitrogens with zero attached hydrogens (tertiary/aromatic N) is 2. The molecule has 5 nitrogen and oxygen atoms in total. The van der Waals surface area contributed by atoms with Crippen LogP contribution in [-0.4, -0.2) is 28.2 Å². The minimum Gasteiger partial charge on any atom is -0.481 e. The van der Waals surface area contributed by atoms with Crippen LogP contribution in [0.4, 0.5) is 0 Å². The van der Waals surface area contributed by atoms with Crippen molar-refractivity contribution in [3.63, 3.8) is 0 Å². The summed E-state index contributed by atoms with van der Waals surface area (Å²) in [5.74, 6) is -0.836. The zero-order valence-electron chi connectivity index (χ0n) is 7.23. The molecule has 0 aliphatic rings. The van der Waals surface area contributed by atoms with E-state index in [4.69, 9.17) is 9.84 Å². The summed E-state index contributed by atoms with van der Waals surface area (Å²) in [6, 6.07) is 1.94. The molecule has 0 amide bonds. The monoisotopic (exact) mass is 182 g/mol. The molecule has 0 aliphatic heterocycles. The maximum atomic E-state index is 10.3. The van der Waals surface area contributed by atoms with Crippen LogP contribution in [0, 0.1) is 0 Å². The predicted octanol–water partition coefficient (Wildman–Crippen LogP) is 0.502. The lowest BCUT2D eigenvalue weighted by molar-refractivity contribution is -0.136. The van der Waals surface area contributed by atoms with Gasteiger partial charge in [0.25, 0.3) is 0 Å². The quantitative estimate of drug-likeness (QED) is 0.734. The summed E-state index contributed by atoms with van der Waals surface area (Å²) in [6.07, 6.45) is 2.01. The van der Waals surface area contributed by atoms with Crippen LogP contribution in [0.2, 0.25) is 0 Å². The largest absolute Gasteiger partial charge is 0.481 e. The third-order valence-electron chi connectivity index (χ3n) is 1.47. The lowest BCUT2D eigenvalue weighted by Gasteiger charge is -1.99. The first-order valence-electron chi connectivity index (χ1n) is 3.80. The fraction of sp³-hybridized carbons (Fsp3) is 0.375. The average Bonchev–Trinajstić information content (AvgIpc) is 2.15. The molecule has 0 saturated heterocycles. The van der Waals surface area contributed by atoms with Crippen LogP contribution in [0.3, 0.4) is 0 Å². The van der Waals surface area contributed by atoms with Crippen molar-refractivity contribution in [2.24, 2.45) is 0 Å². The zero-order chi connectivity index (χ0) is 9.68. The first-order chi connectivity index (χ1) is 6.22. The van der Waals surface area contributed by atoms with Gasteiger partial charge >= 0.3 is 12.0 Å². The Hall–Kier alpha value is -1.65. The molecule has 70 valence electrons. The number of aromatic nitrogens is 2. The van der Waals surface area contributed by atoms with Gasteiger partial charge in [-0.15, -0.1) is 0 Å². The van der Waals surface area contributed by atoms with Gasteiger partial charge in [-0.2, -0.15) is 0 Å². The molecular weight excluding hydrogens is 172 g/mol. The first-order valence-corrected chi connectivity index (χ1v) is 3.80. The van der Waals surface area contributed by atoms with E-state index in [1.807, 2.05) is 0 Å². The van der Waals surface area contributed by atoms with Crippen LogP contribution in [0.5, 0.6) is 6.01 Å². The average molecular weight is 182 g/mol. The van der Waals surface area contributed by atoms with Gasteiger partial charge in [-0.1, -0.05) is 0 Å². The van der Waals surface area contributed by atoms with E-state index in [0.29, 0.717) is 12.1 Å². The number of aliphatic carboxylic acids is 1. The highest BCUT2D eigenvalue weighted by molar-refractivity contribution is 5.66. The smallest absolute Gasteiger partial charge is 0.316 e. The lowest BCUT2D eigenvalue weighted by Crippen LogP contribution is -2.01. The van der Waals surface area contributed by atoms with Gasteiger partial charge in [0, 0.05) is 18.3 Å². The van der Waals surface area contributed by atoms with Crippen molar-refractivity contribution in [3.8, 4) is 6.01 Å². The van der Waals surface area contributed by atoms with Crippen molar-refractivity contribution in [2.75, 3.05) is 7.11 Å². The summed E-state index contributed by atoms with van der Waals surface area (Å²) in [6.45, 7) is 0. The number of rotatable bonds is 4. The number of hydrogen-bond donors (Lipinski definition) is 1. The van der Waals surface area contributed by atoms with Gasteiger partial charge in [0.2, 0.25) is 0 Å². The summed E-state index contributed by atoms with van der Waals surface area (Å²) < 4.78 is 4.79. The Morgan fingerprint density at radius 3 is 3.08 bits per heavy atom. The Balaban J connectivity index is 2.61. The van der Waals surface area contributed by atoms with Crippen LogP contribution in [0.25, 0.3) is 0 Å². The van der Waals surface area contributed by atoms with Crippen molar-refractivity contribution < 1.29 is 14.6 Å². The summed E-state index contributed by atoms with van der Waals surface area (Å²) in [5, 5.41) is 8.43. The van der Waals surface area contributed by atoms with Crippen molar-refractivity contribution in [3.05, 3.63) is 18.0 Å². The van der Waals surface area contributed by atoms with E-state index in [-0.39, 0.29) is 12.4 Å². The van der Waals surface area contributed by atoms with Gasteiger partial charge in [0.05, 0.1) is 13.5 Å². The number of methoxy groups -OCH3 is 1. The van der Waals surface area contributed by atoms with E-state index in [1.54, 1.807) is 12.3 Å². The Bertz CT molecular complexity index is 301. The molecule has 1 N–H and O–H groups in total. The fourth-order valence-electron chi connectivity index (χ4n) is 0.849. The van der Waals surface area contributed by atoms with E-state index in [0.717, 1.165) is 0 Å². The van der Waals surface area contributed by atoms with Gasteiger partial charge in [-0.3, -0.25) is 4.79 Å². The van der Waals surface area contributed by atoms with Crippen LogP contribution < -0.4 is 4.74 Å². The third-order valence-corrected chi connectivity index (χ3v) is 1.47. The molecule has 5 heteroatoms. The van der Waals surface area contributed by atoms with Crippen molar-refractivity contribution in [1.29, 1.82) is 0 Å². The van der Waals surface area contributed by atoms with E-state index in [1.165, 1.54) is 7.11 Å². The molecule has 0 spiro atoms. The number of aryl methyl sites for hydroxylation is 1. The number of carbonyl (C=O) groups is 1. The minimum atomic E-state index is -0.836. The second-order valence-corrected chi connectivity index (χ2v) is 2.43. The topological polar surface area (TPSA) is 72.3 Å². The predicted molar refractivity (Wildman–Crippen MR) is 44.5 cm³/mol. The lowest BCUT2D eigenvalue weighted by atomic mass is 10.2. The van der Waals surface area contributed by atoms with Gasteiger partial charge in [0.1, 0.15) is 0 Å². The Morgan fingerprint density at radius 1 is 1.69 bits per heavy atom. The second-order valence-electron chi connectivity index (χ2n) is 2.43. The number of hydrogen-bond acceptors (Lipinski definition) is 4. The highest BCUT2D eigenvalue weighted by Crippen LogP contribution is 2.04. The molecule has 0 atom stereocenters. The molecule has 0 radical (unpaired) electrons. The molecule has 1 aromatic rings. The molecule has 0 aromatic carbocycles. The second kappa shape index (κ2) is 4.39. The van der Waals surface area contributed by atoms with Crippen molar-refractivity contribution in [1.82, 2.24) is 9.97 Å². The van der Waals surface area contributed by atoms with Crippen LogP contribution in [0.1, 0.15) is 12.1 Å². The molecule has 13 heavy (non-hydrogen) atoms. The van der Waals surface area contributed by atoms with Gasteiger partial charge in [-0.25, -0.2) is 9.97 Å². The molecule has 0 bridgehead atoms. The highest BCUT2D eigenvalue weighted by Gasteiger charge is 2.01. The normalized spacial score (nSPS) is 9.62. The first kappa shape index (κ1) is 9.44. The molecule has 0 saturated carbocycles. The van der Waals surface area contributed by atoms with Gasteiger partial charge < -0.3 is 9.84 Å². The van der Waals surface area contributed by atoms with Crippen molar-refractivity contribution >= 4 is 5.97 Å². The summed E-state index contributed by atoms with van der Waals surface area (Å²) in [7, 11) is 1.47. The molecule has 0 unspecified atom stereocenters. The number of carboxylic acid groups (broad SMARTS) is 1. The zero-order valence-corrected chi connectivity index (χ0v) is 7.23. The van der Waals surface area contributed by atoms with E-state index in [9.17, 15) is 4.79 Å². The van der Waals surface area contributed by atoms with E-state index in [2.05, 4.69) is 9.97 Å². The molecule has 0 fully saturated rings. The molecule has 0 aliphatic carbocycles. The third kappa shape index (κ3) is 3.06. The van der Waals surface area contributed by atoms with E-state index < -0.39 is 5.97 Å². The SMILES string of the molecule is COc1nccc(CCC(=O)O)n1. The standard InChI is InChI=1S/C8H10N2O3/c1-13-8-9-5-4-6(10-8)2-3-7(11)12/h4-5H,2-3H2,1H3,(H,11,12). The van der Waals surface area contributed by atoms with Crippen LogP contribution in [0.15, 0.2) is 12.3 Å². The fourth-order valence-corrected chi connectivity index (χ4v) is 0.849. The summed E-state index contributed by atoms with van der Waals surface area (Å²) in [5.41, 5.74) is 0.675. The molecule has 1 heterocycles. The van der Waals surface area contributed by atoms with Gasteiger partial charge in [0.15, 0.2) is 0 Å².